The van der Waals surface area contributed by atoms with Gasteiger partial charge in [-0.05, 0) is 101 Å². The summed E-state index contributed by atoms with van der Waals surface area (Å²) in [5.41, 5.74) is -1.89. The van der Waals surface area contributed by atoms with Crippen molar-refractivity contribution < 1.29 is 66.4 Å². The predicted octanol–water partition coefficient (Wildman–Crippen LogP) is 7.29. The molecule has 55 heavy (non-hydrogen) atoms. The molecule has 0 heterocycles. The predicted molar refractivity (Wildman–Crippen MR) is 202 cm³/mol. The highest BCUT2D eigenvalue weighted by Crippen LogP contribution is 2.39. The molecule has 0 aliphatic heterocycles. The maximum atomic E-state index is 13.3. The molecule has 1 N–H and O–H groups in total. The van der Waals surface area contributed by atoms with Gasteiger partial charge in [-0.1, -0.05) is 24.3 Å². The summed E-state index contributed by atoms with van der Waals surface area (Å²) in [4.78, 5) is 62.8. The summed E-state index contributed by atoms with van der Waals surface area (Å²) in [6.07, 6.45) is 7.20. The van der Waals surface area contributed by atoms with Crippen LogP contribution in [0.4, 0.5) is 0 Å². The first-order chi connectivity index (χ1) is 26.2. The molecule has 4 rings (SSSR count). The van der Waals surface area contributed by atoms with E-state index in [2.05, 4.69) is 4.89 Å². The molecule has 0 amide bonds. The van der Waals surface area contributed by atoms with Crippen LogP contribution >= 0.6 is 24.1 Å². The van der Waals surface area contributed by atoms with Gasteiger partial charge in [0.05, 0.1) is 50.6 Å². The Hall–Kier alpha value is -4.48. The minimum Gasteiger partial charge on any atom is -0.486 e. The Morgan fingerprint density at radius 1 is 0.727 bits per heavy atom. The molecule has 2 aromatic rings. The third-order valence-corrected chi connectivity index (χ3v) is 9.17. The molecular weight excluding hydrogens is 757 g/mol. The largest absolute Gasteiger partial charge is 0.486 e. The Kier molecular flexibility index (Phi) is 15.7. The van der Waals surface area contributed by atoms with Crippen LogP contribution in [0.5, 0.6) is 5.75 Å². The van der Waals surface area contributed by atoms with Crippen molar-refractivity contribution in [1.29, 1.82) is 0 Å². The number of aliphatic carboxylic acids is 1. The van der Waals surface area contributed by atoms with E-state index in [1.165, 1.54) is 28.1 Å². The van der Waals surface area contributed by atoms with Crippen molar-refractivity contribution in [1.82, 2.24) is 0 Å². The van der Waals surface area contributed by atoms with Gasteiger partial charge in [-0.3, -0.25) is 0 Å². The standard InChI is InChI=1S/C39H46O14S2/c1-38(2,32(34(36(42)43)47-22-24-8-9-24)26-12-16-28(17-13-26)51-53-54-7)49-30(40)20-21-31(41)50-39(3,4)33(27-14-18-29(19-15-27)55-52-46-6)35(37(44)45-5)48-23-25-10-11-25/h12-21,24-25H,8-11,22-23H2,1-7H3,(H,42,43)/b21-20+,34-32+,35-33+. The molecule has 0 unspecified atom stereocenters. The van der Waals surface area contributed by atoms with E-state index in [-0.39, 0.29) is 47.7 Å². The smallest absolute Gasteiger partial charge is 0.373 e. The van der Waals surface area contributed by atoms with Crippen molar-refractivity contribution in [3.63, 3.8) is 0 Å². The van der Waals surface area contributed by atoms with Crippen LogP contribution in [0, 0.1) is 11.8 Å². The third-order valence-electron chi connectivity index (χ3n) is 8.29. The minimum absolute atomic E-state index is 0.0814. The van der Waals surface area contributed by atoms with E-state index in [1.54, 1.807) is 68.6 Å². The zero-order chi connectivity index (χ0) is 40.2. The van der Waals surface area contributed by atoms with Crippen LogP contribution < -0.4 is 4.89 Å². The van der Waals surface area contributed by atoms with Crippen LogP contribution in [-0.2, 0) is 56.4 Å². The fraction of sp³-hybridized carbons (Fsp3) is 0.436. The van der Waals surface area contributed by atoms with Gasteiger partial charge in [-0.2, -0.15) is 4.33 Å². The summed E-state index contributed by atoms with van der Waals surface area (Å²) in [7, 11) is 2.60. The topological polar surface area (TPSA) is 172 Å². The number of ether oxygens (including phenoxy) is 5. The second kappa shape index (κ2) is 19.9. The Balaban J connectivity index is 1.59. The number of carbonyl (C=O) groups is 4. The Bertz CT molecular complexity index is 1760. The van der Waals surface area contributed by atoms with E-state index in [0.29, 0.717) is 21.8 Å². The van der Waals surface area contributed by atoms with Gasteiger partial charge in [0.25, 0.3) is 0 Å². The monoisotopic (exact) mass is 802 g/mol. The number of esters is 3. The molecule has 2 aromatic carbocycles. The van der Waals surface area contributed by atoms with Gasteiger partial charge in [0, 0.05) is 35.3 Å². The highest BCUT2D eigenvalue weighted by molar-refractivity contribution is 7.94. The van der Waals surface area contributed by atoms with Crippen molar-refractivity contribution in [3.8, 4) is 5.75 Å². The summed E-state index contributed by atoms with van der Waals surface area (Å²) in [6, 6.07) is 13.2. The molecule has 0 aromatic heterocycles. The Labute approximate surface area is 328 Å². The molecule has 16 heteroatoms. The summed E-state index contributed by atoms with van der Waals surface area (Å²) in [5.74, 6) is -3.66. The molecule has 2 aliphatic carbocycles. The second-order valence-corrected chi connectivity index (χ2v) is 14.8. The van der Waals surface area contributed by atoms with E-state index < -0.39 is 35.1 Å². The lowest BCUT2D eigenvalue weighted by Crippen LogP contribution is -2.33. The average Bonchev–Trinajstić information content (AvgIpc) is 4.09. The molecule has 0 spiro atoms. The maximum Gasteiger partial charge on any atom is 0.373 e. The fourth-order valence-corrected chi connectivity index (χ4v) is 5.89. The fourth-order valence-electron chi connectivity index (χ4n) is 5.35. The lowest BCUT2D eigenvalue weighted by atomic mass is 9.89. The van der Waals surface area contributed by atoms with Crippen molar-refractivity contribution in [3.05, 3.63) is 83.3 Å². The van der Waals surface area contributed by atoms with Gasteiger partial charge in [-0.15, -0.1) is 4.33 Å². The van der Waals surface area contributed by atoms with Gasteiger partial charge in [0.2, 0.25) is 11.5 Å². The molecule has 0 atom stereocenters. The zero-order valence-corrected chi connectivity index (χ0v) is 33.4. The SMILES string of the molecule is COOSc1ccc(/C(=C(\OCC2CC2)C(=O)OC)C(C)(C)OC(=O)/C=C/C(=O)OC(C)(C)/C(=C(/OCC2CC2)C(=O)O)c2ccc(OOSC)cc2)cc1. The normalized spacial score (nSPS) is 15.4. The number of hydrogen-bond acceptors (Lipinski definition) is 15. The number of carboxylic acid groups (broad SMARTS) is 1. The number of methoxy groups -OCH3 is 1. The zero-order valence-electron chi connectivity index (χ0n) is 31.7. The number of benzene rings is 2. The summed E-state index contributed by atoms with van der Waals surface area (Å²) >= 11 is 1.98. The van der Waals surface area contributed by atoms with Crippen LogP contribution in [0.25, 0.3) is 11.1 Å². The summed E-state index contributed by atoms with van der Waals surface area (Å²) in [5, 5.41) is 10.2. The second-order valence-electron chi connectivity index (χ2n) is 13.6. The molecule has 14 nitrogen and oxygen atoms in total. The van der Waals surface area contributed by atoms with Gasteiger partial charge in [0.1, 0.15) is 11.2 Å². The van der Waals surface area contributed by atoms with Crippen LogP contribution in [0.1, 0.15) is 64.5 Å². The molecule has 0 radical (unpaired) electrons. The van der Waals surface area contributed by atoms with Gasteiger partial charge < -0.3 is 33.7 Å². The van der Waals surface area contributed by atoms with Crippen molar-refractivity contribution >= 4 is 59.1 Å². The van der Waals surface area contributed by atoms with E-state index in [4.69, 9.17) is 37.2 Å². The number of carboxylic acids is 1. The van der Waals surface area contributed by atoms with Crippen molar-refractivity contribution in [2.75, 3.05) is 33.7 Å². The average molecular weight is 803 g/mol. The van der Waals surface area contributed by atoms with Crippen LogP contribution in [0.15, 0.2) is 77.1 Å². The molecular formula is C39H46O14S2. The molecule has 2 fully saturated rings. The first kappa shape index (κ1) is 43.3. The first-order valence-corrected chi connectivity index (χ1v) is 19.2. The van der Waals surface area contributed by atoms with Gasteiger partial charge in [0.15, 0.2) is 5.75 Å². The van der Waals surface area contributed by atoms with E-state index in [0.717, 1.165) is 61.9 Å². The van der Waals surface area contributed by atoms with Gasteiger partial charge >= 0.3 is 23.9 Å². The summed E-state index contributed by atoms with van der Waals surface area (Å²) < 4.78 is 38.3. The Morgan fingerprint density at radius 2 is 1.20 bits per heavy atom. The van der Waals surface area contributed by atoms with E-state index in [9.17, 15) is 24.3 Å². The maximum absolute atomic E-state index is 13.3. The molecule has 298 valence electrons. The third kappa shape index (κ3) is 13.1. The van der Waals surface area contributed by atoms with Crippen LogP contribution in [0.3, 0.4) is 0 Å². The number of carbonyl (C=O) groups excluding carboxylic acids is 3. The molecule has 2 saturated carbocycles. The number of rotatable bonds is 22. The molecule has 0 bridgehead atoms. The van der Waals surface area contributed by atoms with Gasteiger partial charge in [-0.25, -0.2) is 24.1 Å². The van der Waals surface area contributed by atoms with Crippen LogP contribution in [0.2, 0.25) is 0 Å². The van der Waals surface area contributed by atoms with Crippen molar-refractivity contribution in [2.45, 2.75) is 69.5 Å². The lowest BCUT2D eigenvalue weighted by molar-refractivity contribution is -0.160. The number of hydrogen-bond donors (Lipinski definition) is 1. The first-order valence-electron chi connectivity index (χ1n) is 17.3. The summed E-state index contributed by atoms with van der Waals surface area (Å²) in [6.45, 7) is 6.63. The highest BCUT2D eigenvalue weighted by Gasteiger charge is 2.38. The van der Waals surface area contributed by atoms with E-state index >= 15 is 0 Å². The lowest BCUT2D eigenvalue weighted by Gasteiger charge is -2.30. The van der Waals surface area contributed by atoms with Crippen molar-refractivity contribution in [2.24, 2.45) is 11.8 Å². The quantitative estimate of drug-likeness (QED) is 0.0239. The Morgan fingerprint density at radius 3 is 1.64 bits per heavy atom. The van der Waals surface area contributed by atoms with Crippen LogP contribution in [-0.4, -0.2) is 73.9 Å². The molecule has 2 aliphatic rings. The molecule has 0 saturated heterocycles. The highest BCUT2D eigenvalue weighted by atomic mass is 32.2. The van der Waals surface area contributed by atoms with E-state index in [1.807, 2.05) is 0 Å². The minimum atomic E-state index is -1.58.